The number of thioether (sulfide) groups is 1. The van der Waals surface area contributed by atoms with Gasteiger partial charge in [-0.3, -0.25) is 0 Å². The highest BCUT2D eigenvalue weighted by Crippen LogP contribution is 2.17. The first kappa shape index (κ1) is 13.3. The highest BCUT2D eigenvalue weighted by molar-refractivity contribution is 7.99. The first-order valence-electron chi connectivity index (χ1n) is 5.35. The summed E-state index contributed by atoms with van der Waals surface area (Å²) in [6.45, 7) is 8.82. The Balaban J connectivity index is 3.34. The van der Waals surface area contributed by atoms with Gasteiger partial charge in [-0.2, -0.15) is 11.8 Å². The summed E-state index contributed by atoms with van der Waals surface area (Å²) in [4.78, 5) is 0. The van der Waals surface area contributed by atoms with Crippen LogP contribution in [0.5, 0.6) is 0 Å². The molecule has 2 heteroatoms. The van der Waals surface area contributed by atoms with E-state index in [0.29, 0.717) is 11.2 Å². The average Bonchev–Trinajstić information content (AvgIpc) is 2.10. The fourth-order valence-electron chi connectivity index (χ4n) is 1.00. The maximum Gasteiger partial charge on any atom is 0.0630 e. The Labute approximate surface area is 87.3 Å². The van der Waals surface area contributed by atoms with Crippen molar-refractivity contribution in [2.45, 2.75) is 58.3 Å². The summed E-state index contributed by atoms with van der Waals surface area (Å²) >= 11 is 1.89. The lowest BCUT2D eigenvalue weighted by atomic mass is 10.1. The van der Waals surface area contributed by atoms with E-state index in [0.717, 1.165) is 18.6 Å². The van der Waals surface area contributed by atoms with Crippen molar-refractivity contribution < 1.29 is 5.11 Å². The Morgan fingerprint density at radius 1 is 1.15 bits per heavy atom. The molecule has 0 aromatic carbocycles. The highest BCUT2D eigenvalue weighted by atomic mass is 32.2. The zero-order valence-electron chi connectivity index (χ0n) is 9.42. The fourth-order valence-corrected chi connectivity index (χ4v) is 1.96. The summed E-state index contributed by atoms with van der Waals surface area (Å²) in [5, 5.41) is 10.3. The van der Waals surface area contributed by atoms with Crippen LogP contribution in [0.4, 0.5) is 0 Å². The smallest absolute Gasteiger partial charge is 0.0630 e. The van der Waals surface area contributed by atoms with Gasteiger partial charge < -0.3 is 5.11 Å². The fraction of sp³-hybridized carbons (Fsp3) is 1.00. The third kappa shape index (κ3) is 8.63. The van der Waals surface area contributed by atoms with Crippen LogP contribution in [0.3, 0.4) is 0 Å². The van der Waals surface area contributed by atoms with Gasteiger partial charge in [0, 0.05) is 11.0 Å². The Morgan fingerprint density at radius 3 is 2.23 bits per heavy atom. The number of hydrogen-bond acceptors (Lipinski definition) is 2. The van der Waals surface area contributed by atoms with Crippen molar-refractivity contribution >= 4 is 11.8 Å². The number of hydrogen-bond donors (Lipinski definition) is 1. The molecule has 2 atom stereocenters. The van der Waals surface area contributed by atoms with Gasteiger partial charge in [-0.15, -0.1) is 0 Å². The third-order valence-electron chi connectivity index (χ3n) is 2.23. The van der Waals surface area contributed by atoms with Crippen LogP contribution in [0.15, 0.2) is 0 Å². The van der Waals surface area contributed by atoms with E-state index in [1.165, 1.54) is 6.42 Å². The first-order chi connectivity index (χ1) is 6.06. The average molecular weight is 204 g/mol. The van der Waals surface area contributed by atoms with E-state index in [-0.39, 0.29) is 6.10 Å². The molecule has 0 aliphatic heterocycles. The number of aliphatic hydroxyl groups is 1. The van der Waals surface area contributed by atoms with Gasteiger partial charge in [0.05, 0.1) is 6.10 Å². The summed E-state index contributed by atoms with van der Waals surface area (Å²) in [7, 11) is 0. The van der Waals surface area contributed by atoms with E-state index in [9.17, 15) is 5.11 Å². The zero-order valence-corrected chi connectivity index (χ0v) is 10.2. The quantitative estimate of drug-likeness (QED) is 0.686. The number of aliphatic hydroxyl groups excluding tert-OH is 1. The maximum atomic E-state index is 9.62. The molecule has 1 nitrogen and oxygen atoms in total. The maximum absolute atomic E-state index is 9.62. The molecule has 80 valence electrons. The van der Waals surface area contributed by atoms with Crippen molar-refractivity contribution in [3.8, 4) is 0 Å². The van der Waals surface area contributed by atoms with Crippen LogP contribution in [0.1, 0.15) is 47.0 Å². The Hall–Kier alpha value is 0.310. The molecule has 0 fully saturated rings. The molecule has 0 aromatic rings. The van der Waals surface area contributed by atoms with Crippen LogP contribution in [-0.2, 0) is 0 Å². The van der Waals surface area contributed by atoms with Crippen LogP contribution in [-0.4, -0.2) is 22.2 Å². The van der Waals surface area contributed by atoms with Crippen molar-refractivity contribution in [3.63, 3.8) is 0 Å². The van der Waals surface area contributed by atoms with E-state index in [1.807, 2.05) is 11.8 Å². The lowest BCUT2D eigenvalue weighted by Crippen LogP contribution is -2.13. The molecule has 0 amide bonds. The lowest BCUT2D eigenvalue weighted by molar-refractivity contribution is 0.180. The summed E-state index contributed by atoms with van der Waals surface area (Å²) in [5.74, 6) is 1.62. The van der Waals surface area contributed by atoms with Gasteiger partial charge in [-0.05, 0) is 25.2 Å². The second-order valence-corrected chi connectivity index (χ2v) is 5.65. The minimum Gasteiger partial charge on any atom is -0.392 e. The van der Waals surface area contributed by atoms with Crippen LogP contribution in [0.25, 0.3) is 0 Å². The van der Waals surface area contributed by atoms with E-state index in [1.54, 1.807) is 0 Å². The van der Waals surface area contributed by atoms with Crippen LogP contribution < -0.4 is 0 Å². The molecule has 0 saturated carbocycles. The van der Waals surface area contributed by atoms with Crippen molar-refractivity contribution in [2.75, 3.05) is 5.75 Å². The van der Waals surface area contributed by atoms with Crippen molar-refractivity contribution in [3.05, 3.63) is 0 Å². The van der Waals surface area contributed by atoms with E-state index in [2.05, 4.69) is 27.7 Å². The molecule has 0 saturated heterocycles. The predicted octanol–water partition coefficient (Wildman–Crippen LogP) is 3.32. The van der Waals surface area contributed by atoms with Gasteiger partial charge in [-0.1, -0.05) is 27.7 Å². The van der Waals surface area contributed by atoms with Crippen molar-refractivity contribution in [1.82, 2.24) is 0 Å². The normalized spacial score (nSPS) is 16.2. The zero-order chi connectivity index (χ0) is 10.3. The van der Waals surface area contributed by atoms with Gasteiger partial charge in [0.2, 0.25) is 0 Å². The molecule has 0 aliphatic carbocycles. The van der Waals surface area contributed by atoms with Crippen LogP contribution >= 0.6 is 11.8 Å². The molecule has 2 unspecified atom stereocenters. The van der Waals surface area contributed by atoms with Crippen molar-refractivity contribution in [2.24, 2.45) is 5.92 Å². The van der Waals surface area contributed by atoms with E-state index in [4.69, 9.17) is 0 Å². The summed E-state index contributed by atoms with van der Waals surface area (Å²) in [5.41, 5.74) is 0. The SMILES string of the molecule is CCC(C)SCC(O)CCC(C)C. The van der Waals surface area contributed by atoms with Crippen LogP contribution in [0, 0.1) is 5.92 Å². The number of rotatable bonds is 7. The van der Waals surface area contributed by atoms with E-state index < -0.39 is 0 Å². The molecule has 1 N–H and O–H groups in total. The minimum absolute atomic E-state index is 0.0959. The second-order valence-electron chi connectivity index (χ2n) is 4.18. The molecule has 0 aliphatic rings. The minimum atomic E-state index is -0.0959. The summed E-state index contributed by atoms with van der Waals surface area (Å²) < 4.78 is 0. The Morgan fingerprint density at radius 2 is 1.77 bits per heavy atom. The molecule has 13 heavy (non-hydrogen) atoms. The third-order valence-corrected chi connectivity index (χ3v) is 3.70. The molecular formula is C11H24OS. The predicted molar refractivity (Wildman–Crippen MR) is 62.3 cm³/mol. The van der Waals surface area contributed by atoms with E-state index >= 15 is 0 Å². The standard InChI is InChI=1S/C11H24OS/c1-5-10(4)13-8-11(12)7-6-9(2)3/h9-12H,5-8H2,1-4H3. The van der Waals surface area contributed by atoms with Gasteiger partial charge in [-0.25, -0.2) is 0 Å². The summed E-state index contributed by atoms with van der Waals surface area (Å²) in [6, 6.07) is 0. The second kappa shape index (κ2) is 7.69. The topological polar surface area (TPSA) is 20.2 Å². The molecule has 0 radical (unpaired) electrons. The molecular weight excluding hydrogens is 180 g/mol. The highest BCUT2D eigenvalue weighted by Gasteiger charge is 2.07. The Bertz CT molecular complexity index is 115. The molecule has 0 rings (SSSR count). The largest absolute Gasteiger partial charge is 0.392 e. The molecule has 0 aromatic heterocycles. The van der Waals surface area contributed by atoms with Gasteiger partial charge in [0.25, 0.3) is 0 Å². The first-order valence-corrected chi connectivity index (χ1v) is 6.40. The van der Waals surface area contributed by atoms with Gasteiger partial charge in [0.15, 0.2) is 0 Å². The molecule has 0 heterocycles. The van der Waals surface area contributed by atoms with Crippen molar-refractivity contribution in [1.29, 1.82) is 0 Å². The molecule has 0 bridgehead atoms. The van der Waals surface area contributed by atoms with Gasteiger partial charge in [0.1, 0.15) is 0 Å². The molecule has 0 spiro atoms. The van der Waals surface area contributed by atoms with Gasteiger partial charge >= 0.3 is 0 Å². The summed E-state index contributed by atoms with van der Waals surface area (Å²) in [6.07, 6.45) is 3.20. The lowest BCUT2D eigenvalue weighted by Gasteiger charge is -2.14. The Kier molecular flexibility index (Phi) is 7.87. The monoisotopic (exact) mass is 204 g/mol. The van der Waals surface area contributed by atoms with Crippen LogP contribution in [0.2, 0.25) is 0 Å².